The monoisotopic (exact) mass is 369 g/mol. The first-order valence-electron chi connectivity index (χ1n) is 8.70. The number of hydrogen-bond acceptors (Lipinski definition) is 5. The molecule has 0 bridgehead atoms. The van der Waals surface area contributed by atoms with Crippen molar-refractivity contribution in [2.45, 2.75) is 12.6 Å². The molecule has 0 fully saturated rings. The Balaban J connectivity index is 1.50. The fourth-order valence-corrected chi connectivity index (χ4v) is 2.86. The van der Waals surface area contributed by atoms with Crippen LogP contribution in [0.5, 0.6) is 11.5 Å². The first kappa shape index (κ1) is 18.7. The lowest BCUT2D eigenvalue weighted by Crippen LogP contribution is -2.42. The second kappa shape index (κ2) is 8.55. The number of rotatable bonds is 6. The summed E-state index contributed by atoms with van der Waals surface area (Å²) in [5.41, 5.74) is 1.90. The second-order valence-corrected chi connectivity index (χ2v) is 6.47. The van der Waals surface area contributed by atoms with Crippen molar-refractivity contribution in [3.63, 3.8) is 0 Å². The number of carbonyl (C=O) groups excluding carboxylic acids is 2. The number of likely N-dealkylation sites (N-methyl/N-ethyl adjacent to an activating group) is 1. The summed E-state index contributed by atoms with van der Waals surface area (Å²) in [6.07, 6.45) is 0. The molecule has 3 rings (SSSR count). The van der Waals surface area contributed by atoms with Crippen LogP contribution in [-0.4, -0.2) is 44.1 Å². The van der Waals surface area contributed by atoms with Gasteiger partial charge in [0.25, 0.3) is 0 Å². The molecule has 0 radical (unpaired) electrons. The van der Waals surface area contributed by atoms with Crippen LogP contribution < -0.4 is 20.1 Å². The molecule has 0 saturated heterocycles. The highest BCUT2D eigenvalue weighted by molar-refractivity contribution is 6.35. The van der Waals surface area contributed by atoms with Gasteiger partial charge in [0.05, 0.1) is 6.04 Å². The molecule has 1 atom stereocenters. The molecule has 0 aliphatic carbocycles. The molecular formula is C20H23N3O4. The molecule has 1 aliphatic rings. The quantitative estimate of drug-likeness (QED) is 0.754. The number of amides is 2. The van der Waals surface area contributed by atoms with Gasteiger partial charge in [-0.05, 0) is 37.4 Å². The molecule has 7 heteroatoms. The van der Waals surface area contributed by atoms with Crippen LogP contribution in [0.4, 0.5) is 0 Å². The largest absolute Gasteiger partial charge is 0.454 e. The van der Waals surface area contributed by atoms with E-state index in [0.717, 1.165) is 11.1 Å². The number of fused-ring (bicyclic) bond motifs is 1. The van der Waals surface area contributed by atoms with Crippen molar-refractivity contribution < 1.29 is 19.1 Å². The summed E-state index contributed by atoms with van der Waals surface area (Å²) in [6.45, 7) is 0.772. The van der Waals surface area contributed by atoms with E-state index in [2.05, 4.69) is 10.6 Å². The molecule has 1 aliphatic heterocycles. The summed E-state index contributed by atoms with van der Waals surface area (Å²) in [4.78, 5) is 26.2. The number of nitrogens with one attached hydrogen (secondary N) is 2. The Kier molecular flexibility index (Phi) is 5.93. The highest BCUT2D eigenvalue weighted by atomic mass is 16.7. The van der Waals surface area contributed by atoms with Gasteiger partial charge in [-0.1, -0.05) is 36.4 Å². The van der Waals surface area contributed by atoms with Crippen molar-refractivity contribution in [3.05, 3.63) is 59.7 Å². The zero-order chi connectivity index (χ0) is 19.2. The predicted octanol–water partition coefficient (Wildman–Crippen LogP) is 1.45. The lowest BCUT2D eigenvalue weighted by molar-refractivity contribution is -0.139. The Morgan fingerprint density at radius 3 is 2.44 bits per heavy atom. The summed E-state index contributed by atoms with van der Waals surface area (Å²) in [5, 5.41) is 5.32. The molecule has 2 amide bonds. The third kappa shape index (κ3) is 4.77. The fourth-order valence-electron chi connectivity index (χ4n) is 2.86. The Morgan fingerprint density at radius 2 is 1.70 bits per heavy atom. The standard InChI is InChI=1S/C20H23N3O4/c1-23(2)16(15-6-4-3-5-7-15)12-22-20(25)19(24)21-11-14-8-9-17-18(10-14)27-13-26-17/h3-10,16H,11-13H2,1-2H3,(H,21,24)(H,22,25)/t16-/m0/s1. The minimum atomic E-state index is -0.668. The molecule has 2 aromatic rings. The van der Waals surface area contributed by atoms with E-state index in [4.69, 9.17) is 9.47 Å². The van der Waals surface area contributed by atoms with E-state index in [-0.39, 0.29) is 19.4 Å². The highest BCUT2D eigenvalue weighted by Gasteiger charge is 2.19. The van der Waals surface area contributed by atoms with Crippen LogP contribution in [0.1, 0.15) is 17.2 Å². The Labute approximate surface area is 158 Å². The van der Waals surface area contributed by atoms with Gasteiger partial charge >= 0.3 is 11.8 Å². The maximum Gasteiger partial charge on any atom is 0.309 e. The number of carbonyl (C=O) groups is 2. The number of hydrogen-bond donors (Lipinski definition) is 2. The van der Waals surface area contributed by atoms with Gasteiger partial charge in [0.15, 0.2) is 11.5 Å². The maximum atomic E-state index is 12.1. The van der Waals surface area contributed by atoms with Crippen molar-refractivity contribution in [3.8, 4) is 11.5 Å². The third-order valence-electron chi connectivity index (χ3n) is 4.36. The summed E-state index contributed by atoms with van der Waals surface area (Å²) in [7, 11) is 3.87. The number of nitrogens with zero attached hydrogens (tertiary/aromatic N) is 1. The van der Waals surface area contributed by atoms with Gasteiger partial charge in [-0.25, -0.2) is 0 Å². The first-order valence-corrected chi connectivity index (χ1v) is 8.70. The van der Waals surface area contributed by atoms with Crippen LogP contribution in [0.3, 0.4) is 0 Å². The van der Waals surface area contributed by atoms with Crippen LogP contribution in [0, 0.1) is 0 Å². The Morgan fingerprint density at radius 1 is 1.00 bits per heavy atom. The van der Waals surface area contributed by atoms with Crippen LogP contribution in [-0.2, 0) is 16.1 Å². The summed E-state index contributed by atoms with van der Waals surface area (Å²) < 4.78 is 10.6. The summed E-state index contributed by atoms with van der Waals surface area (Å²) in [5.74, 6) is -0.00176. The van der Waals surface area contributed by atoms with E-state index >= 15 is 0 Å². The zero-order valence-electron chi connectivity index (χ0n) is 15.4. The average molecular weight is 369 g/mol. The molecular weight excluding hydrogens is 346 g/mol. The Bertz CT molecular complexity index is 808. The van der Waals surface area contributed by atoms with E-state index in [1.807, 2.05) is 55.4 Å². The summed E-state index contributed by atoms with van der Waals surface area (Å²) in [6, 6.07) is 15.2. The second-order valence-electron chi connectivity index (χ2n) is 6.47. The van der Waals surface area contributed by atoms with Gasteiger partial charge in [0, 0.05) is 13.1 Å². The fraction of sp³-hybridized carbons (Fsp3) is 0.300. The molecule has 0 unspecified atom stereocenters. The topological polar surface area (TPSA) is 79.9 Å². The predicted molar refractivity (Wildman–Crippen MR) is 100 cm³/mol. The van der Waals surface area contributed by atoms with Gasteiger partial charge in [0.1, 0.15) is 0 Å². The first-order chi connectivity index (χ1) is 13.0. The molecule has 7 nitrogen and oxygen atoms in total. The van der Waals surface area contributed by atoms with E-state index in [0.29, 0.717) is 18.0 Å². The SMILES string of the molecule is CN(C)[C@@H](CNC(=O)C(=O)NCc1ccc2c(c1)OCO2)c1ccccc1. The molecule has 0 aromatic heterocycles. The number of benzene rings is 2. The maximum absolute atomic E-state index is 12.1. The molecule has 142 valence electrons. The Hall–Kier alpha value is -3.06. The molecule has 0 saturated carbocycles. The smallest absolute Gasteiger partial charge is 0.309 e. The molecule has 2 N–H and O–H groups in total. The molecule has 0 spiro atoms. The van der Waals surface area contributed by atoms with Crippen molar-refractivity contribution in [2.75, 3.05) is 27.4 Å². The van der Waals surface area contributed by atoms with Gasteiger partial charge in [-0.15, -0.1) is 0 Å². The van der Waals surface area contributed by atoms with Crippen molar-refractivity contribution in [1.82, 2.24) is 15.5 Å². The normalized spacial score (nSPS) is 13.3. The lowest BCUT2D eigenvalue weighted by Gasteiger charge is -2.25. The third-order valence-corrected chi connectivity index (χ3v) is 4.36. The molecule has 1 heterocycles. The average Bonchev–Trinajstić information content (AvgIpc) is 3.14. The van der Waals surface area contributed by atoms with E-state index in [1.165, 1.54) is 0 Å². The summed E-state index contributed by atoms with van der Waals surface area (Å²) >= 11 is 0. The van der Waals surface area contributed by atoms with Crippen LogP contribution in [0.25, 0.3) is 0 Å². The minimum Gasteiger partial charge on any atom is -0.454 e. The van der Waals surface area contributed by atoms with Gasteiger partial charge in [-0.2, -0.15) is 0 Å². The highest BCUT2D eigenvalue weighted by Crippen LogP contribution is 2.32. The minimum absolute atomic E-state index is 0.0168. The van der Waals surface area contributed by atoms with Crippen LogP contribution >= 0.6 is 0 Å². The van der Waals surface area contributed by atoms with Crippen LogP contribution in [0.15, 0.2) is 48.5 Å². The van der Waals surface area contributed by atoms with Crippen molar-refractivity contribution in [2.24, 2.45) is 0 Å². The van der Waals surface area contributed by atoms with E-state index in [9.17, 15) is 9.59 Å². The van der Waals surface area contributed by atoms with Gasteiger partial charge in [0.2, 0.25) is 6.79 Å². The lowest BCUT2D eigenvalue weighted by atomic mass is 10.1. The number of ether oxygens (including phenoxy) is 2. The van der Waals surface area contributed by atoms with Crippen LogP contribution in [0.2, 0.25) is 0 Å². The van der Waals surface area contributed by atoms with Crippen molar-refractivity contribution in [1.29, 1.82) is 0 Å². The van der Waals surface area contributed by atoms with Crippen molar-refractivity contribution >= 4 is 11.8 Å². The van der Waals surface area contributed by atoms with E-state index < -0.39 is 11.8 Å². The van der Waals surface area contributed by atoms with E-state index in [1.54, 1.807) is 12.1 Å². The van der Waals surface area contributed by atoms with Gasteiger partial charge in [-0.3, -0.25) is 9.59 Å². The molecule has 27 heavy (non-hydrogen) atoms. The zero-order valence-corrected chi connectivity index (χ0v) is 15.4. The van der Waals surface area contributed by atoms with Gasteiger partial charge < -0.3 is 25.0 Å². The molecule has 2 aromatic carbocycles.